The van der Waals surface area contributed by atoms with Gasteiger partial charge in [-0.1, -0.05) is 64.8 Å². The lowest BCUT2D eigenvalue weighted by molar-refractivity contribution is -0.139. The Hall–Kier alpha value is -2.88. The summed E-state index contributed by atoms with van der Waals surface area (Å²) in [6.45, 7) is 5.43. The van der Waals surface area contributed by atoms with Crippen molar-refractivity contribution < 1.29 is 18.0 Å². The minimum absolute atomic E-state index is 0.0512. The largest absolute Gasteiger partial charge is 0.354 e. The van der Waals surface area contributed by atoms with E-state index in [1.165, 1.54) is 17.0 Å². The van der Waals surface area contributed by atoms with Crippen LogP contribution in [0.1, 0.15) is 31.4 Å². The summed E-state index contributed by atoms with van der Waals surface area (Å²) in [4.78, 5) is 28.2. The van der Waals surface area contributed by atoms with Gasteiger partial charge in [0.15, 0.2) is 0 Å². The number of anilines is 1. The Kier molecular flexibility index (Phi) is 10.4. The minimum Gasteiger partial charge on any atom is -0.354 e. The SMILES string of the molecule is CCCNC(=O)C(C)N(Cc1ccc(Br)cc1)C(=O)CN(c1ccc(Cl)cc1C)S(=O)(=O)c1ccccc1. The van der Waals surface area contributed by atoms with Crippen LogP contribution in [0.15, 0.2) is 82.2 Å². The topological polar surface area (TPSA) is 86.8 Å². The van der Waals surface area contributed by atoms with Gasteiger partial charge in [0.1, 0.15) is 12.6 Å². The van der Waals surface area contributed by atoms with Gasteiger partial charge in [0.05, 0.1) is 10.6 Å². The van der Waals surface area contributed by atoms with Crippen LogP contribution in [0.25, 0.3) is 0 Å². The van der Waals surface area contributed by atoms with E-state index in [2.05, 4.69) is 21.2 Å². The van der Waals surface area contributed by atoms with E-state index in [1.807, 2.05) is 31.2 Å². The van der Waals surface area contributed by atoms with Crippen LogP contribution in [0.4, 0.5) is 5.69 Å². The van der Waals surface area contributed by atoms with Crippen molar-refractivity contribution in [3.05, 3.63) is 93.4 Å². The highest BCUT2D eigenvalue weighted by atomic mass is 79.9. The van der Waals surface area contributed by atoms with Gasteiger partial charge in [-0.25, -0.2) is 8.42 Å². The molecule has 0 aromatic heterocycles. The van der Waals surface area contributed by atoms with Crippen molar-refractivity contribution >= 4 is 55.1 Å². The summed E-state index contributed by atoms with van der Waals surface area (Å²) in [5, 5.41) is 3.28. The molecule has 0 bridgehead atoms. The van der Waals surface area contributed by atoms with Crippen LogP contribution in [0.3, 0.4) is 0 Å². The fraction of sp³-hybridized carbons (Fsp3) is 0.286. The lowest BCUT2D eigenvalue weighted by Gasteiger charge is -2.32. The monoisotopic (exact) mass is 619 g/mol. The Morgan fingerprint density at radius 2 is 1.68 bits per heavy atom. The number of carbonyl (C=O) groups excluding carboxylic acids is 2. The number of sulfonamides is 1. The van der Waals surface area contributed by atoms with E-state index in [0.717, 1.165) is 20.8 Å². The number of hydrogen-bond donors (Lipinski definition) is 1. The summed E-state index contributed by atoms with van der Waals surface area (Å²) in [5.41, 5.74) is 1.73. The van der Waals surface area contributed by atoms with Gasteiger partial charge in [-0.05, 0) is 73.9 Å². The first kappa shape index (κ1) is 29.7. The predicted octanol–water partition coefficient (Wildman–Crippen LogP) is 5.55. The van der Waals surface area contributed by atoms with E-state index < -0.39 is 28.5 Å². The summed E-state index contributed by atoms with van der Waals surface area (Å²) in [6, 6.07) is 19.3. The molecule has 38 heavy (non-hydrogen) atoms. The molecule has 0 aliphatic carbocycles. The fourth-order valence-electron chi connectivity index (χ4n) is 3.90. The zero-order valence-corrected chi connectivity index (χ0v) is 24.7. The Morgan fingerprint density at radius 1 is 1.03 bits per heavy atom. The first-order valence-electron chi connectivity index (χ1n) is 12.2. The Labute approximate surface area is 238 Å². The Balaban J connectivity index is 2.03. The van der Waals surface area contributed by atoms with Crippen LogP contribution in [0, 0.1) is 6.92 Å². The second-order valence-corrected chi connectivity index (χ2v) is 12.1. The molecule has 2 amide bonds. The molecule has 10 heteroatoms. The van der Waals surface area contributed by atoms with Gasteiger partial charge < -0.3 is 10.2 Å². The third-order valence-corrected chi connectivity index (χ3v) is 8.56. The van der Waals surface area contributed by atoms with Crippen LogP contribution in [0.2, 0.25) is 5.02 Å². The van der Waals surface area contributed by atoms with Crippen LogP contribution >= 0.6 is 27.5 Å². The summed E-state index contributed by atoms with van der Waals surface area (Å²) in [7, 11) is -4.12. The van der Waals surface area contributed by atoms with Gasteiger partial charge in [-0.3, -0.25) is 13.9 Å². The third-order valence-electron chi connectivity index (χ3n) is 6.02. The quantitative estimate of drug-likeness (QED) is 0.305. The molecule has 202 valence electrons. The molecule has 1 N–H and O–H groups in total. The van der Waals surface area contributed by atoms with Crippen molar-refractivity contribution in [2.45, 2.75) is 44.7 Å². The molecule has 0 saturated carbocycles. The van der Waals surface area contributed by atoms with Crippen LogP contribution in [-0.4, -0.2) is 44.3 Å². The summed E-state index contributed by atoms with van der Waals surface area (Å²) in [6.07, 6.45) is 0.748. The maximum absolute atomic E-state index is 13.9. The smallest absolute Gasteiger partial charge is 0.264 e. The van der Waals surface area contributed by atoms with Gasteiger partial charge in [0, 0.05) is 22.6 Å². The summed E-state index contributed by atoms with van der Waals surface area (Å²) >= 11 is 9.55. The second kappa shape index (κ2) is 13.3. The van der Waals surface area contributed by atoms with Gasteiger partial charge >= 0.3 is 0 Å². The van der Waals surface area contributed by atoms with Crippen molar-refractivity contribution in [2.75, 3.05) is 17.4 Å². The van der Waals surface area contributed by atoms with Crippen molar-refractivity contribution in [3.8, 4) is 0 Å². The highest BCUT2D eigenvalue weighted by molar-refractivity contribution is 9.10. The van der Waals surface area contributed by atoms with E-state index in [-0.39, 0.29) is 17.3 Å². The molecule has 0 radical (unpaired) electrons. The highest BCUT2D eigenvalue weighted by Crippen LogP contribution is 2.29. The molecule has 0 fully saturated rings. The van der Waals surface area contributed by atoms with E-state index in [0.29, 0.717) is 22.8 Å². The van der Waals surface area contributed by atoms with Gasteiger partial charge in [-0.2, -0.15) is 0 Å². The van der Waals surface area contributed by atoms with E-state index in [1.54, 1.807) is 50.2 Å². The molecule has 0 saturated heterocycles. The maximum Gasteiger partial charge on any atom is 0.264 e. The number of halogens is 2. The molecule has 1 atom stereocenters. The highest BCUT2D eigenvalue weighted by Gasteiger charge is 2.33. The number of amides is 2. The fourth-order valence-corrected chi connectivity index (χ4v) is 5.89. The average molecular weight is 621 g/mol. The summed E-state index contributed by atoms with van der Waals surface area (Å²) in [5.74, 6) is -0.821. The second-order valence-electron chi connectivity index (χ2n) is 8.87. The molecule has 0 spiro atoms. The molecule has 0 aliphatic rings. The number of carbonyl (C=O) groups is 2. The number of hydrogen-bond acceptors (Lipinski definition) is 4. The molecule has 7 nitrogen and oxygen atoms in total. The normalized spacial score (nSPS) is 12.0. The van der Waals surface area contributed by atoms with Crippen LogP contribution < -0.4 is 9.62 Å². The van der Waals surface area contributed by atoms with Crippen molar-refractivity contribution in [1.82, 2.24) is 10.2 Å². The number of aryl methyl sites for hydroxylation is 1. The molecule has 1 unspecified atom stereocenters. The predicted molar refractivity (Wildman–Crippen MR) is 155 cm³/mol. The third kappa shape index (κ3) is 7.36. The molecule has 3 rings (SSSR count). The lowest BCUT2D eigenvalue weighted by atomic mass is 10.1. The number of nitrogens with one attached hydrogen (secondary N) is 1. The molecular formula is C28H31BrClN3O4S. The first-order chi connectivity index (χ1) is 18.0. The van der Waals surface area contributed by atoms with E-state index in [9.17, 15) is 18.0 Å². The maximum atomic E-state index is 13.9. The molecular weight excluding hydrogens is 590 g/mol. The molecule has 0 heterocycles. The number of rotatable bonds is 11. The van der Waals surface area contributed by atoms with E-state index in [4.69, 9.17) is 11.6 Å². The number of benzene rings is 3. The van der Waals surface area contributed by atoms with Gasteiger partial charge in [-0.15, -0.1) is 0 Å². The van der Waals surface area contributed by atoms with Crippen molar-refractivity contribution in [3.63, 3.8) is 0 Å². The first-order valence-corrected chi connectivity index (χ1v) is 14.8. The Bertz CT molecular complexity index is 1370. The zero-order chi connectivity index (χ0) is 27.9. The number of nitrogens with zero attached hydrogens (tertiary/aromatic N) is 2. The Morgan fingerprint density at radius 3 is 2.29 bits per heavy atom. The van der Waals surface area contributed by atoms with Crippen molar-refractivity contribution in [2.24, 2.45) is 0 Å². The van der Waals surface area contributed by atoms with Crippen LogP contribution in [-0.2, 0) is 26.2 Å². The lowest BCUT2D eigenvalue weighted by Crippen LogP contribution is -2.51. The minimum atomic E-state index is -4.12. The zero-order valence-electron chi connectivity index (χ0n) is 21.5. The standard InChI is InChI=1S/C28H31BrClN3O4S/c1-4-16-31-28(35)21(3)32(18-22-10-12-23(29)13-11-22)27(34)19-33(26-15-14-24(30)17-20(26)2)38(36,37)25-8-6-5-7-9-25/h5-15,17,21H,4,16,18-19H2,1-3H3,(H,31,35). The average Bonchev–Trinajstić information content (AvgIpc) is 2.90. The van der Waals surface area contributed by atoms with Crippen LogP contribution in [0.5, 0.6) is 0 Å². The molecule has 3 aromatic carbocycles. The van der Waals surface area contributed by atoms with Gasteiger partial charge in [0.2, 0.25) is 11.8 Å². The van der Waals surface area contributed by atoms with E-state index >= 15 is 0 Å². The molecule has 0 aliphatic heterocycles. The summed E-state index contributed by atoms with van der Waals surface area (Å²) < 4.78 is 29.6. The van der Waals surface area contributed by atoms with Gasteiger partial charge in [0.25, 0.3) is 10.0 Å². The van der Waals surface area contributed by atoms with Crippen molar-refractivity contribution in [1.29, 1.82) is 0 Å². The molecule has 3 aromatic rings.